The van der Waals surface area contributed by atoms with Gasteiger partial charge in [0.15, 0.2) is 0 Å². The Kier molecular flexibility index (Phi) is 4.38. The molecule has 1 aliphatic carbocycles. The lowest BCUT2D eigenvalue weighted by molar-refractivity contribution is 0.304. The molecule has 0 radical (unpaired) electrons. The molecule has 4 heteroatoms. The van der Waals surface area contributed by atoms with E-state index >= 15 is 0 Å². The van der Waals surface area contributed by atoms with E-state index in [-0.39, 0.29) is 5.63 Å². The van der Waals surface area contributed by atoms with Gasteiger partial charge in [0, 0.05) is 21.0 Å². The van der Waals surface area contributed by atoms with Crippen molar-refractivity contribution in [2.45, 2.75) is 39.2 Å². The van der Waals surface area contributed by atoms with E-state index in [1.165, 1.54) is 5.56 Å². The summed E-state index contributed by atoms with van der Waals surface area (Å²) in [6.45, 7) is 2.44. The third-order valence-corrected chi connectivity index (χ3v) is 5.43. The molecule has 0 amide bonds. The minimum atomic E-state index is -0.185. The van der Waals surface area contributed by atoms with Crippen LogP contribution in [0.5, 0.6) is 5.75 Å². The smallest absolute Gasteiger partial charge is 0.339 e. The van der Waals surface area contributed by atoms with Gasteiger partial charge in [-0.05, 0) is 68.0 Å². The van der Waals surface area contributed by atoms with Crippen molar-refractivity contribution in [2.75, 3.05) is 0 Å². The van der Waals surface area contributed by atoms with Crippen molar-refractivity contribution in [3.63, 3.8) is 0 Å². The zero-order chi connectivity index (χ0) is 17.4. The van der Waals surface area contributed by atoms with Crippen molar-refractivity contribution in [1.82, 2.24) is 0 Å². The molecule has 3 aromatic rings. The van der Waals surface area contributed by atoms with Crippen molar-refractivity contribution in [1.29, 1.82) is 0 Å². The highest BCUT2D eigenvalue weighted by Gasteiger charge is 2.20. The molecule has 0 N–H and O–H groups in total. The Labute approximate surface area is 154 Å². The minimum absolute atomic E-state index is 0.185. The largest absolute Gasteiger partial charge is 0.488 e. The molecule has 0 atom stereocenters. The fourth-order valence-corrected chi connectivity index (χ4v) is 3.79. The van der Waals surface area contributed by atoms with E-state index in [0.29, 0.717) is 12.2 Å². The summed E-state index contributed by atoms with van der Waals surface area (Å²) in [7, 11) is 0. The quantitative estimate of drug-likeness (QED) is 0.560. The molecule has 0 bridgehead atoms. The monoisotopic (exact) mass is 398 g/mol. The van der Waals surface area contributed by atoms with Crippen molar-refractivity contribution >= 4 is 26.9 Å². The summed E-state index contributed by atoms with van der Waals surface area (Å²) in [5.41, 5.74) is 4.49. The summed E-state index contributed by atoms with van der Waals surface area (Å²) in [5.74, 6) is 0.759. The fraction of sp³-hybridized carbons (Fsp3) is 0.286. The van der Waals surface area contributed by atoms with Gasteiger partial charge in [0.05, 0.1) is 0 Å². The highest BCUT2D eigenvalue weighted by molar-refractivity contribution is 9.10. The summed E-state index contributed by atoms with van der Waals surface area (Å²) in [6, 6.07) is 12.1. The van der Waals surface area contributed by atoms with E-state index in [4.69, 9.17) is 9.15 Å². The summed E-state index contributed by atoms with van der Waals surface area (Å²) in [4.78, 5) is 12.3. The molecule has 2 aromatic carbocycles. The van der Waals surface area contributed by atoms with Crippen molar-refractivity contribution in [2.24, 2.45) is 0 Å². The van der Waals surface area contributed by atoms with Crippen molar-refractivity contribution < 1.29 is 9.15 Å². The zero-order valence-corrected chi connectivity index (χ0v) is 15.7. The van der Waals surface area contributed by atoms with E-state index in [1.807, 2.05) is 43.3 Å². The predicted molar refractivity (Wildman–Crippen MR) is 102 cm³/mol. The van der Waals surface area contributed by atoms with Crippen molar-refractivity contribution in [3.05, 3.63) is 73.5 Å². The number of fused-ring (bicyclic) bond motifs is 3. The Morgan fingerprint density at radius 2 is 1.76 bits per heavy atom. The Bertz CT molecular complexity index is 987. The summed E-state index contributed by atoms with van der Waals surface area (Å²) >= 11 is 3.43. The van der Waals surface area contributed by atoms with Crippen LogP contribution in [0.1, 0.15) is 35.1 Å². The first-order valence-electron chi connectivity index (χ1n) is 8.59. The normalized spacial score (nSPS) is 13.7. The van der Waals surface area contributed by atoms with E-state index in [1.54, 1.807) is 0 Å². The second-order valence-electron chi connectivity index (χ2n) is 6.53. The minimum Gasteiger partial charge on any atom is -0.488 e. The van der Waals surface area contributed by atoms with E-state index in [2.05, 4.69) is 15.9 Å². The molecular weight excluding hydrogens is 380 g/mol. The number of halogens is 1. The molecule has 0 saturated heterocycles. The maximum atomic E-state index is 12.3. The molecule has 0 saturated carbocycles. The van der Waals surface area contributed by atoms with E-state index in [0.717, 1.165) is 58.0 Å². The molecule has 3 nitrogen and oxygen atoms in total. The van der Waals surface area contributed by atoms with Gasteiger partial charge >= 0.3 is 5.63 Å². The van der Waals surface area contributed by atoms with Crippen LogP contribution in [-0.4, -0.2) is 0 Å². The standard InChI is InChI=1S/C21H19BrO3/c1-13-19(24-12-14-6-8-15(22)9-7-14)11-10-17-16-4-2-3-5-18(16)21(23)25-20(13)17/h6-11H,2-5,12H2,1H3. The second kappa shape index (κ2) is 6.68. The summed E-state index contributed by atoms with van der Waals surface area (Å²) in [6.07, 6.45) is 3.98. The molecule has 0 unspecified atom stereocenters. The molecule has 128 valence electrons. The van der Waals surface area contributed by atoms with Crippen LogP contribution < -0.4 is 10.4 Å². The Morgan fingerprint density at radius 3 is 2.52 bits per heavy atom. The van der Waals surface area contributed by atoms with Crippen LogP contribution in [0.2, 0.25) is 0 Å². The number of rotatable bonds is 3. The number of hydrogen-bond donors (Lipinski definition) is 0. The average Bonchev–Trinajstić information content (AvgIpc) is 2.63. The maximum Gasteiger partial charge on any atom is 0.339 e. The number of hydrogen-bond acceptors (Lipinski definition) is 3. The van der Waals surface area contributed by atoms with Crippen LogP contribution in [0.3, 0.4) is 0 Å². The van der Waals surface area contributed by atoms with Crippen molar-refractivity contribution in [3.8, 4) is 5.75 Å². The molecule has 0 spiro atoms. The van der Waals surface area contributed by atoms with Gasteiger partial charge in [0.25, 0.3) is 0 Å². The van der Waals surface area contributed by atoms with Crippen LogP contribution in [0.4, 0.5) is 0 Å². The lowest BCUT2D eigenvalue weighted by Gasteiger charge is -2.18. The first-order chi connectivity index (χ1) is 12.1. The van der Waals surface area contributed by atoms with Gasteiger partial charge in [-0.2, -0.15) is 0 Å². The second-order valence-corrected chi connectivity index (χ2v) is 7.45. The molecule has 0 fully saturated rings. The fourth-order valence-electron chi connectivity index (χ4n) is 3.52. The van der Waals surface area contributed by atoms with Gasteiger partial charge in [-0.25, -0.2) is 4.79 Å². The zero-order valence-electron chi connectivity index (χ0n) is 14.1. The number of aryl methyl sites for hydroxylation is 2. The summed E-state index contributed by atoms with van der Waals surface area (Å²) in [5, 5.41) is 1.06. The average molecular weight is 399 g/mol. The molecular formula is C21H19BrO3. The third kappa shape index (κ3) is 3.11. The Balaban J connectivity index is 1.70. The lowest BCUT2D eigenvalue weighted by atomic mass is 9.90. The van der Waals surface area contributed by atoms with Crippen LogP contribution >= 0.6 is 15.9 Å². The van der Waals surface area contributed by atoms with Gasteiger partial charge in [-0.1, -0.05) is 28.1 Å². The first-order valence-corrected chi connectivity index (χ1v) is 9.38. The van der Waals surface area contributed by atoms with Gasteiger partial charge in [0.1, 0.15) is 17.9 Å². The van der Waals surface area contributed by atoms with Gasteiger partial charge in [-0.3, -0.25) is 0 Å². The molecule has 25 heavy (non-hydrogen) atoms. The number of ether oxygens (including phenoxy) is 1. The Morgan fingerprint density at radius 1 is 1.04 bits per heavy atom. The topological polar surface area (TPSA) is 39.4 Å². The first kappa shape index (κ1) is 16.4. The third-order valence-electron chi connectivity index (χ3n) is 4.90. The molecule has 0 aliphatic heterocycles. The van der Waals surface area contributed by atoms with Crippen LogP contribution in [0, 0.1) is 6.92 Å². The predicted octanol–water partition coefficient (Wildman–Crippen LogP) is 5.32. The number of benzene rings is 2. The maximum absolute atomic E-state index is 12.3. The summed E-state index contributed by atoms with van der Waals surface area (Å²) < 4.78 is 12.7. The van der Waals surface area contributed by atoms with Crippen LogP contribution in [0.25, 0.3) is 11.0 Å². The lowest BCUT2D eigenvalue weighted by Crippen LogP contribution is -2.16. The van der Waals surface area contributed by atoms with Gasteiger partial charge in [0.2, 0.25) is 0 Å². The highest BCUT2D eigenvalue weighted by Crippen LogP contribution is 2.32. The van der Waals surface area contributed by atoms with E-state index < -0.39 is 0 Å². The van der Waals surface area contributed by atoms with Gasteiger partial charge in [-0.15, -0.1) is 0 Å². The SMILES string of the molecule is Cc1c(OCc2ccc(Br)cc2)ccc2c3c(c(=O)oc12)CCCC3. The highest BCUT2D eigenvalue weighted by atomic mass is 79.9. The molecule has 1 aliphatic rings. The molecule has 4 rings (SSSR count). The Hall–Kier alpha value is -2.07. The van der Waals surface area contributed by atoms with Crippen LogP contribution in [0.15, 0.2) is 50.1 Å². The van der Waals surface area contributed by atoms with E-state index in [9.17, 15) is 4.79 Å². The molecule has 1 heterocycles. The van der Waals surface area contributed by atoms with Crippen LogP contribution in [-0.2, 0) is 19.4 Å². The van der Waals surface area contributed by atoms with Gasteiger partial charge < -0.3 is 9.15 Å². The molecule has 1 aromatic heterocycles.